The van der Waals surface area contributed by atoms with Gasteiger partial charge < -0.3 is 10.6 Å². The van der Waals surface area contributed by atoms with E-state index in [9.17, 15) is 22.8 Å². The Morgan fingerprint density at radius 2 is 1.73 bits per heavy atom. The van der Waals surface area contributed by atoms with E-state index < -0.39 is 24.5 Å². The number of anilines is 1. The Kier molecular flexibility index (Phi) is 6.31. The highest BCUT2D eigenvalue weighted by Crippen LogP contribution is 2.17. The van der Waals surface area contributed by atoms with Crippen LogP contribution in [0.5, 0.6) is 0 Å². The summed E-state index contributed by atoms with van der Waals surface area (Å²) in [6, 6.07) is 15.2. The van der Waals surface area contributed by atoms with Crippen LogP contribution >= 0.6 is 0 Å². The number of alkyl halides is 3. The molecule has 2 N–H and O–H groups in total. The minimum absolute atomic E-state index is 0.0691. The molecule has 0 aliphatic heterocycles. The van der Waals surface area contributed by atoms with Gasteiger partial charge in [-0.25, -0.2) is 4.68 Å². The van der Waals surface area contributed by atoms with Gasteiger partial charge in [-0.1, -0.05) is 30.3 Å². The molecule has 0 saturated heterocycles. The third-order valence-corrected chi connectivity index (χ3v) is 3.93. The summed E-state index contributed by atoms with van der Waals surface area (Å²) in [6.45, 7) is -1.46. The van der Waals surface area contributed by atoms with Gasteiger partial charge in [0, 0.05) is 17.8 Å². The van der Waals surface area contributed by atoms with Crippen molar-refractivity contribution in [1.82, 2.24) is 15.1 Å². The van der Waals surface area contributed by atoms with Crippen molar-refractivity contribution in [3.05, 3.63) is 84.2 Å². The highest BCUT2D eigenvalue weighted by Gasteiger charge is 2.28. The summed E-state index contributed by atoms with van der Waals surface area (Å²) in [7, 11) is 0. The van der Waals surface area contributed by atoms with Crippen molar-refractivity contribution in [3.8, 4) is 5.69 Å². The van der Waals surface area contributed by atoms with E-state index in [4.69, 9.17) is 0 Å². The second-order valence-corrected chi connectivity index (χ2v) is 6.22. The standard InChI is InChI=1S/C21H17F3N4O2/c22-21(23,24)14-25-20(30)17-8-4-5-9-18(17)27-19(29)11-10-15-12-26-28(13-15)16-6-2-1-3-7-16/h1-13H,14H2,(H,25,30)(H,27,29)/b11-10+. The summed E-state index contributed by atoms with van der Waals surface area (Å²) < 4.78 is 38.6. The number of carbonyl (C=O) groups is 2. The van der Waals surface area contributed by atoms with Gasteiger partial charge >= 0.3 is 6.18 Å². The van der Waals surface area contributed by atoms with Crippen LogP contribution in [0.4, 0.5) is 18.9 Å². The van der Waals surface area contributed by atoms with E-state index in [1.54, 1.807) is 28.5 Å². The molecular formula is C21H17F3N4O2. The third-order valence-electron chi connectivity index (χ3n) is 3.93. The smallest absolute Gasteiger partial charge is 0.343 e. The van der Waals surface area contributed by atoms with E-state index in [0.717, 1.165) is 5.69 Å². The summed E-state index contributed by atoms with van der Waals surface area (Å²) >= 11 is 0. The van der Waals surface area contributed by atoms with Crippen LogP contribution in [-0.4, -0.2) is 34.3 Å². The number of aromatic nitrogens is 2. The topological polar surface area (TPSA) is 76.0 Å². The van der Waals surface area contributed by atoms with Gasteiger partial charge in [0.1, 0.15) is 6.54 Å². The number of halogens is 3. The molecule has 1 aromatic heterocycles. The average molecular weight is 414 g/mol. The largest absolute Gasteiger partial charge is 0.405 e. The second-order valence-electron chi connectivity index (χ2n) is 6.22. The number of amides is 2. The first-order valence-electron chi connectivity index (χ1n) is 8.85. The molecule has 0 fully saturated rings. The van der Waals surface area contributed by atoms with Crippen LogP contribution in [0.25, 0.3) is 11.8 Å². The zero-order valence-corrected chi connectivity index (χ0v) is 15.6. The zero-order chi connectivity index (χ0) is 21.6. The maximum atomic E-state index is 12.3. The van der Waals surface area contributed by atoms with Crippen LogP contribution in [0.2, 0.25) is 0 Å². The Balaban J connectivity index is 1.65. The Hall–Kier alpha value is -3.88. The molecule has 9 heteroatoms. The average Bonchev–Trinajstić information content (AvgIpc) is 3.20. The first-order valence-corrected chi connectivity index (χ1v) is 8.85. The van der Waals surface area contributed by atoms with Gasteiger partial charge in [-0.2, -0.15) is 18.3 Å². The molecule has 0 unspecified atom stereocenters. The number of nitrogens with one attached hydrogen (secondary N) is 2. The van der Waals surface area contributed by atoms with Gasteiger partial charge in [0.2, 0.25) is 5.91 Å². The van der Waals surface area contributed by atoms with Crippen molar-refractivity contribution in [3.63, 3.8) is 0 Å². The summed E-state index contributed by atoms with van der Waals surface area (Å²) in [6.07, 6.45) is 1.57. The lowest BCUT2D eigenvalue weighted by molar-refractivity contribution is -0.123. The summed E-state index contributed by atoms with van der Waals surface area (Å²) in [5.41, 5.74) is 1.57. The van der Waals surface area contributed by atoms with Gasteiger partial charge in [-0.15, -0.1) is 0 Å². The number of hydrogen-bond donors (Lipinski definition) is 2. The van der Waals surface area contributed by atoms with E-state index in [1.165, 1.54) is 30.4 Å². The molecule has 0 aliphatic carbocycles. The Labute approximate surface area is 170 Å². The Morgan fingerprint density at radius 1 is 1.03 bits per heavy atom. The molecule has 0 aliphatic rings. The Morgan fingerprint density at radius 3 is 2.47 bits per heavy atom. The number of carbonyl (C=O) groups excluding carboxylic acids is 2. The van der Waals surface area contributed by atoms with Gasteiger partial charge in [-0.05, 0) is 30.3 Å². The summed E-state index contributed by atoms with van der Waals surface area (Å²) in [5.74, 6) is -1.48. The molecule has 0 bridgehead atoms. The minimum atomic E-state index is -4.53. The molecule has 1 heterocycles. The zero-order valence-electron chi connectivity index (χ0n) is 15.6. The van der Waals surface area contributed by atoms with E-state index >= 15 is 0 Å². The molecule has 2 aromatic carbocycles. The first-order chi connectivity index (χ1) is 14.3. The number of benzene rings is 2. The van der Waals surface area contributed by atoms with Crippen molar-refractivity contribution in [2.75, 3.05) is 11.9 Å². The normalized spacial score (nSPS) is 11.4. The molecule has 0 radical (unpaired) electrons. The lowest BCUT2D eigenvalue weighted by Crippen LogP contribution is -2.34. The van der Waals surface area contributed by atoms with Crippen LogP contribution in [0, 0.1) is 0 Å². The van der Waals surface area contributed by atoms with Crippen molar-refractivity contribution in [2.45, 2.75) is 6.18 Å². The number of rotatable bonds is 6. The van der Waals surface area contributed by atoms with Gasteiger partial charge in [0.15, 0.2) is 0 Å². The lowest BCUT2D eigenvalue weighted by Gasteiger charge is -2.11. The molecule has 30 heavy (non-hydrogen) atoms. The van der Waals surface area contributed by atoms with Crippen LogP contribution in [0.15, 0.2) is 73.1 Å². The Bertz CT molecular complexity index is 1060. The number of nitrogens with zero attached hydrogens (tertiary/aromatic N) is 2. The molecule has 3 aromatic rings. The highest BCUT2D eigenvalue weighted by molar-refractivity contribution is 6.07. The highest BCUT2D eigenvalue weighted by atomic mass is 19.4. The predicted molar refractivity (Wildman–Crippen MR) is 106 cm³/mol. The third kappa shape index (κ3) is 5.81. The molecule has 154 valence electrons. The van der Waals surface area contributed by atoms with Crippen LogP contribution in [0.3, 0.4) is 0 Å². The van der Waals surface area contributed by atoms with Gasteiger partial charge in [0.25, 0.3) is 5.91 Å². The molecule has 6 nitrogen and oxygen atoms in total. The van der Waals surface area contributed by atoms with Crippen LogP contribution < -0.4 is 10.6 Å². The van der Waals surface area contributed by atoms with Gasteiger partial charge in [-0.3, -0.25) is 9.59 Å². The monoisotopic (exact) mass is 414 g/mol. The first kappa shape index (κ1) is 20.8. The van der Waals surface area contributed by atoms with E-state index in [0.29, 0.717) is 5.56 Å². The second kappa shape index (κ2) is 9.08. The van der Waals surface area contributed by atoms with Crippen LogP contribution in [0.1, 0.15) is 15.9 Å². The van der Waals surface area contributed by atoms with Crippen molar-refractivity contribution in [1.29, 1.82) is 0 Å². The molecule has 2 amide bonds. The predicted octanol–water partition coefficient (Wildman–Crippen LogP) is 3.82. The SMILES string of the molecule is O=C(/C=C/c1cnn(-c2ccccc2)c1)Nc1ccccc1C(=O)NCC(F)(F)F. The van der Waals surface area contributed by atoms with E-state index in [2.05, 4.69) is 10.4 Å². The minimum Gasteiger partial charge on any atom is -0.343 e. The molecule has 0 saturated carbocycles. The van der Waals surface area contributed by atoms with E-state index in [1.807, 2.05) is 30.3 Å². The number of hydrogen-bond acceptors (Lipinski definition) is 3. The van der Waals surface area contributed by atoms with Crippen molar-refractivity contribution < 1.29 is 22.8 Å². The maximum absolute atomic E-state index is 12.3. The molecule has 0 spiro atoms. The van der Waals surface area contributed by atoms with Crippen LogP contribution in [-0.2, 0) is 4.79 Å². The quantitative estimate of drug-likeness (QED) is 0.602. The molecule has 3 rings (SSSR count). The lowest BCUT2D eigenvalue weighted by atomic mass is 10.1. The molecule has 0 atom stereocenters. The van der Waals surface area contributed by atoms with Crippen molar-refractivity contribution >= 4 is 23.6 Å². The fraction of sp³-hybridized carbons (Fsp3) is 0.0952. The number of para-hydroxylation sites is 2. The fourth-order valence-corrected chi connectivity index (χ4v) is 2.56. The van der Waals surface area contributed by atoms with Gasteiger partial charge in [0.05, 0.1) is 23.1 Å². The summed E-state index contributed by atoms with van der Waals surface area (Å²) in [4.78, 5) is 24.2. The fourth-order valence-electron chi connectivity index (χ4n) is 2.56. The maximum Gasteiger partial charge on any atom is 0.405 e. The van der Waals surface area contributed by atoms with E-state index in [-0.39, 0.29) is 11.3 Å². The molecular weight excluding hydrogens is 397 g/mol. The summed E-state index contributed by atoms with van der Waals surface area (Å²) in [5, 5.41) is 8.50. The van der Waals surface area contributed by atoms with Crippen molar-refractivity contribution in [2.24, 2.45) is 0 Å².